The average molecular weight is 397 g/mol. The van der Waals surface area contributed by atoms with E-state index < -0.39 is 16.0 Å². The Morgan fingerprint density at radius 3 is 2.42 bits per heavy atom. The highest BCUT2D eigenvalue weighted by Crippen LogP contribution is 2.27. The standard InChI is InChI=1S/C18H21ClN2O4S/c1-4-12(2)20-16-10-5-13(18(22)25-3)11-17(16)26(23,24)21-15-8-6-14(19)7-9-15/h5-12,20-21H,4H2,1-3H3/t12-/m0/s1. The molecule has 0 unspecified atom stereocenters. The van der Waals surface area contributed by atoms with E-state index in [9.17, 15) is 13.2 Å². The molecule has 0 radical (unpaired) electrons. The highest BCUT2D eigenvalue weighted by Gasteiger charge is 2.22. The molecule has 2 rings (SSSR count). The summed E-state index contributed by atoms with van der Waals surface area (Å²) in [7, 11) is -2.69. The first-order valence-corrected chi connectivity index (χ1v) is 9.90. The van der Waals surface area contributed by atoms with Crippen LogP contribution in [0.1, 0.15) is 30.6 Å². The van der Waals surface area contributed by atoms with E-state index in [1.165, 1.54) is 19.2 Å². The zero-order chi connectivity index (χ0) is 19.3. The number of carbonyl (C=O) groups excluding carboxylic acids is 1. The number of halogens is 1. The Bertz CT molecular complexity index is 883. The Morgan fingerprint density at radius 1 is 1.19 bits per heavy atom. The van der Waals surface area contributed by atoms with Crippen molar-refractivity contribution in [2.75, 3.05) is 17.1 Å². The van der Waals surface area contributed by atoms with E-state index in [4.69, 9.17) is 11.6 Å². The van der Waals surface area contributed by atoms with Crippen molar-refractivity contribution >= 4 is 39.0 Å². The molecule has 2 aromatic rings. The van der Waals surface area contributed by atoms with Gasteiger partial charge in [-0.25, -0.2) is 13.2 Å². The summed E-state index contributed by atoms with van der Waals surface area (Å²) < 4.78 is 33.0. The number of hydrogen-bond donors (Lipinski definition) is 2. The third-order valence-electron chi connectivity index (χ3n) is 3.80. The van der Waals surface area contributed by atoms with Gasteiger partial charge in [0, 0.05) is 16.8 Å². The van der Waals surface area contributed by atoms with E-state index in [2.05, 4.69) is 14.8 Å². The van der Waals surface area contributed by atoms with E-state index in [-0.39, 0.29) is 16.5 Å². The van der Waals surface area contributed by atoms with Crippen LogP contribution in [0.2, 0.25) is 5.02 Å². The largest absolute Gasteiger partial charge is 0.465 e. The monoisotopic (exact) mass is 396 g/mol. The lowest BCUT2D eigenvalue weighted by Crippen LogP contribution is -2.20. The third kappa shape index (κ3) is 4.89. The summed E-state index contributed by atoms with van der Waals surface area (Å²) in [5, 5.41) is 3.65. The lowest BCUT2D eigenvalue weighted by atomic mass is 10.2. The van der Waals surface area contributed by atoms with Crippen molar-refractivity contribution < 1.29 is 17.9 Å². The molecule has 0 spiro atoms. The number of carbonyl (C=O) groups is 1. The van der Waals surface area contributed by atoms with Crippen LogP contribution in [-0.4, -0.2) is 27.5 Å². The summed E-state index contributed by atoms with van der Waals surface area (Å²) in [6.45, 7) is 3.93. The predicted molar refractivity (Wildman–Crippen MR) is 103 cm³/mol. The number of nitrogens with one attached hydrogen (secondary N) is 2. The van der Waals surface area contributed by atoms with Crippen LogP contribution in [-0.2, 0) is 14.8 Å². The predicted octanol–water partition coefficient (Wildman–Crippen LogP) is 4.14. The normalized spacial score (nSPS) is 12.3. The molecular weight excluding hydrogens is 376 g/mol. The van der Waals surface area contributed by atoms with Gasteiger partial charge in [0.05, 0.1) is 18.4 Å². The summed E-state index contributed by atoms with van der Waals surface area (Å²) in [4.78, 5) is 11.8. The SMILES string of the molecule is CC[C@H](C)Nc1ccc(C(=O)OC)cc1S(=O)(=O)Nc1ccc(Cl)cc1. The van der Waals surface area contributed by atoms with Gasteiger partial charge in [0.25, 0.3) is 10.0 Å². The lowest BCUT2D eigenvalue weighted by molar-refractivity contribution is 0.0600. The van der Waals surface area contributed by atoms with Crippen molar-refractivity contribution in [3.63, 3.8) is 0 Å². The van der Waals surface area contributed by atoms with Crippen molar-refractivity contribution in [3.8, 4) is 0 Å². The van der Waals surface area contributed by atoms with Crippen molar-refractivity contribution in [3.05, 3.63) is 53.1 Å². The number of rotatable bonds is 7. The fraction of sp³-hybridized carbons (Fsp3) is 0.278. The maximum absolute atomic E-state index is 12.9. The van der Waals surface area contributed by atoms with Gasteiger partial charge in [0.1, 0.15) is 4.90 Å². The first kappa shape index (κ1) is 20.1. The van der Waals surface area contributed by atoms with Crippen LogP contribution >= 0.6 is 11.6 Å². The van der Waals surface area contributed by atoms with Crippen LogP contribution in [0.5, 0.6) is 0 Å². The number of methoxy groups -OCH3 is 1. The molecule has 6 nitrogen and oxygen atoms in total. The minimum absolute atomic E-state index is 0.0318. The molecule has 0 heterocycles. The molecular formula is C18H21ClN2O4S. The molecule has 140 valence electrons. The van der Waals surface area contributed by atoms with Crippen LogP contribution in [0.4, 0.5) is 11.4 Å². The molecule has 0 aliphatic carbocycles. The molecule has 0 bridgehead atoms. The van der Waals surface area contributed by atoms with Crippen molar-refractivity contribution in [1.82, 2.24) is 0 Å². The number of hydrogen-bond acceptors (Lipinski definition) is 5. The van der Waals surface area contributed by atoms with Gasteiger partial charge in [-0.05, 0) is 55.8 Å². The maximum atomic E-state index is 12.9. The van der Waals surface area contributed by atoms with Gasteiger partial charge < -0.3 is 10.1 Å². The first-order valence-electron chi connectivity index (χ1n) is 8.04. The average Bonchev–Trinajstić information content (AvgIpc) is 2.62. The highest BCUT2D eigenvalue weighted by molar-refractivity contribution is 7.92. The topological polar surface area (TPSA) is 84.5 Å². The number of benzene rings is 2. The van der Waals surface area contributed by atoms with Crippen LogP contribution in [0.3, 0.4) is 0 Å². The highest BCUT2D eigenvalue weighted by atomic mass is 35.5. The summed E-state index contributed by atoms with van der Waals surface area (Å²) in [6.07, 6.45) is 0.808. The smallest absolute Gasteiger partial charge is 0.337 e. The van der Waals surface area contributed by atoms with Gasteiger partial charge in [0.2, 0.25) is 0 Å². The molecule has 2 N–H and O–H groups in total. The first-order chi connectivity index (χ1) is 12.3. The molecule has 0 saturated heterocycles. The van der Waals surface area contributed by atoms with Gasteiger partial charge in [0.15, 0.2) is 0 Å². The number of esters is 1. The van der Waals surface area contributed by atoms with Crippen LogP contribution in [0.15, 0.2) is 47.4 Å². The molecule has 0 fully saturated rings. The van der Waals surface area contributed by atoms with Crippen LogP contribution in [0, 0.1) is 0 Å². The molecule has 0 aromatic heterocycles. The number of ether oxygens (including phenoxy) is 1. The molecule has 0 amide bonds. The van der Waals surface area contributed by atoms with Crippen LogP contribution < -0.4 is 10.0 Å². The second kappa shape index (κ2) is 8.42. The molecule has 0 aliphatic heterocycles. The molecule has 2 aromatic carbocycles. The molecule has 0 aliphatic rings. The summed E-state index contributed by atoms with van der Waals surface area (Å²) in [6, 6.07) is 10.7. The zero-order valence-electron chi connectivity index (χ0n) is 14.7. The molecule has 26 heavy (non-hydrogen) atoms. The summed E-state index contributed by atoms with van der Waals surface area (Å²) in [5.74, 6) is -0.608. The van der Waals surface area contributed by atoms with Crippen LogP contribution in [0.25, 0.3) is 0 Å². The Hall–Kier alpha value is -2.25. The quantitative estimate of drug-likeness (QED) is 0.687. The van der Waals surface area contributed by atoms with Gasteiger partial charge in [-0.2, -0.15) is 0 Å². The van der Waals surface area contributed by atoms with Gasteiger partial charge in [-0.3, -0.25) is 4.72 Å². The van der Waals surface area contributed by atoms with Gasteiger partial charge >= 0.3 is 5.97 Å². The van der Waals surface area contributed by atoms with Crippen molar-refractivity contribution in [2.45, 2.75) is 31.2 Å². The maximum Gasteiger partial charge on any atom is 0.337 e. The second-order valence-corrected chi connectivity index (χ2v) is 7.86. The van der Waals surface area contributed by atoms with E-state index in [0.717, 1.165) is 6.42 Å². The van der Waals surface area contributed by atoms with E-state index in [0.29, 0.717) is 16.4 Å². The Morgan fingerprint density at radius 2 is 1.85 bits per heavy atom. The second-order valence-electron chi connectivity index (χ2n) is 5.77. The summed E-state index contributed by atoms with van der Waals surface area (Å²) in [5.41, 5.74) is 0.930. The fourth-order valence-electron chi connectivity index (χ4n) is 2.20. The molecule has 1 atom stereocenters. The Balaban J connectivity index is 2.47. The minimum Gasteiger partial charge on any atom is -0.465 e. The van der Waals surface area contributed by atoms with Crippen molar-refractivity contribution in [2.24, 2.45) is 0 Å². The van der Waals surface area contributed by atoms with Crippen molar-refractivity contribution in [1.29, 1.82) is 0 Å². The van der Waals surface area contributed by atoms with Gasteiger partial charge in [-0.15, -0.1) is 0 Å². The van der Waals surface area contributed by atoms with E-state index >= 15 is 0 Å². The number of sulfonamides is 1. The van der Waals surface area contributed by atoms with Gasteiger partial charge in [-0.1, -0.05) is 18.5 Å². The van der Waals surface area contributed by atoms with E-state index in [1.54, 1.807) is 30.3 Å². The fourth-order valence-corrected chi connectivity index (χ4v) is 3.59. The Labute approximate surface area is 158 Å². The molecule has 8 heteroatoms. The number of anilines is 2. The summed E-state index contributed by atoms with van der Waals surface area (Å²) >= 11 is 5.83. The zero-order valence-corrected chi connectivity index (χ0v) is 16.3. The molecule has 0 saturated carbocycles. The Kier molecular flexibility index (Phi) is 6.50. The minimum atomic E-state index is -3.94. The lowest BCUT2D eigenvalue weighted by Gasteiger charge is -2.18. The van der Waals surface area contributed by atoms with E-state index in [1.807, 2.05) is 13.8 Å². The third-order valence-corrected chi connectivity index (χ3v) is 5.48.